The number of anilines is 1. The molecule has 4 heteroatoms. The number of hydrogen-bond donors (Lipinski definition) is 0. The molecule has 0 bridgehead atoms. The highest BCUT2D eigenvalue weighted by Crippen LogP contribution is 2.29. The summed E-state index contributed by atoms with van der Waals surface area (Å²) in [6, 6.07) is 11.9. The van der Waals surface area contributed by atoms with Crippen LogP contribution in [-0.4, -0.2) is 10.9 Å². The van der Waals surface area contributed by atoms with Crippen molar-refractivity contribution in [1.29, 1.82) is 0 Å². The van der Waals surface area contributed by atoms with Gasteiger partial charge in [0.2, 0.25) is 5.91 Å². The van der Waals surface area contributed by atoms with Crippen molar-refractivity contribution in [2.75, 3.05) is 4.90 Å². The monoisotopic (exact) mass is 302 g/mol. The maximum Gasteiger partial charge on any atom is 0.233 e. The molecular formula is C14H11BrN2O. The quantitative estimate of drug-likeness (QED) is 0.854. The van der Waals surface area contributed by atoms with Gasteiger partial charge in [-0.15, -0.1) is 0 Å². The Morgan fingerprint density at radius 2 is 2.06 bits per heavy atom. The van der Waals surface area contributed by atoms with E-state index in [-0.39, 0.29) is 5.91 Å². The summed E-state index contributed by atoms with van der Waals surface area (Å²) >= 11 is 3.38. The first kappa shape index (κ1) is 11.4. The molecule has 0 unspecified atom stereocenters. The second kappa shape index (κ2) is 4.53. The fourth-order valence-electron chi connectivity index (χ4n) is 2.15. The van der Waals surface area contributed by atoms with Crippen molar-refractivity contribution >= 4 is 27.7 Å². The Kier molecular flexibility index (Phi) is 2.88. The van der Waals surface area contributed by atoms with E-state index >= 15 is 0 Å². The first-order valence-corrected chi connectivity index (χ1v) is 6.52. The topological polar surface area (TPSA) is 33.2 Å². The van der Waals surface area contributed by atoms with E-state index in [9.17, 15) is 4.79 Å². The van der Waals surface area contributed by atoms with Crippen LogP contribution in [0.1, 0.15) is 11.1 Å². The molecule has 0 spiro atoms. The Bertz CT molecular complexity index is 598. The number of rotatable bonds is 2. The highest BCUT2D eigenvalue weighted by Gasteiger charge is 2.28. The van der Waals surface area contributed by atoms with Crippen molar-refractivity contribution in [1.82, 2.24) is 4.98 Å². The summed E-state index contributed by atoms with van der Waals surface area (Å²) in [5.74, 6) is 0.895. The van der Waals surface area contributed by atoms with Gasteiger partial charge in [-0.2, -0.15) is 0 Å². The van der Waals surface area contributed by atoms with E-state index in [1.54, 1.807) is 11.1 Å². The first-order valence-electron chi connectivity index (χ1n) is 5.73. The van der Waals surface area contributed by atoms with Crippen LogP contribution in [0.15, 0.2) is 47.1 Å². The van der Waals surface area contributed by atoms with E-state index in [4.69, 9.17) is 0 Å². The number of aromatic nitrogens is 1. The van der Waals surface area contributed by atoms with Crippen molar-refractivity contribution in [3.05, 3.63) is 58.2 Å². The number of amides is 1. The van der Waals surface area contributed by atoms with Crippen LogP contribution in [0.4, 0.5) is 5.82 Å². The number of halogens is 1. The van der Waals surface area contributed by atoms with Gasteiger partial charge in [-0.05, 0) is 27.6 Å². The average molecular weight is 303 g/mol. The SMILES string of the molecule is O=C1Cc2cc(Br)cnc2N1Cc1ccccc1. The molecule has 1 aromatic carbocycles. The summed E-state index contributed by atoms with van der Waals surface area (Å²) in [5.41, 5.74) is 2.11. The van der Waals surface area contributed by atoms with Gasteiger partial charge in [0.1, 0.15) is 5.82 Å². The van der Waals surface area contributed by atoms with Crippen LogP contribution in [0.25, 0.3) is 0 Å². The predicted octanol–water partition coefficient (Wildman–Crippen LogP) is 2.93. The second-order valence-corrected chi connectivity index (χ2v) is 5.19. The van der Waals surface area contributed by atoms with Gasteiger partial charge in [0.25, 0.3) is 0 Å². The van der Waals surface area contributed by atoms with Crippen molar-refractivity contribution in [2.24, 2.45) is 0 Å². The van der Waals surface area contributed by atoms with Gasteiger partial charge in [-0.3, -0.25) is 9.69 Å². The summed E-state index contributed by atoms with van der Waals surface area (Å²) in [6.07, 6.45) is 2.17. The zero-order valence-corrected chi connectivity index (χ0v) is 11.2. The van der Waals surface area contributed by atoms with Crippen LogP contribution in [0.5, 0.6) is 0 Å². The summed E-state index contributed by atoms with van der Waals surface area (Å²) in [4.78, 5) is 18.1. The molecule has 0 saturated heterocycles. The van der Waals surface area contributed by atoms with Crippen LogP contribution in [0, 0.1) is 0 Å². The molecule has 0 fully saturated rings. The molecule has 90 valence electrons. The van der Waals surface area contributed by atoms with Crippen LogP contribution >= 0.6 is 15.9 Å². The third-order valence-electron chi connectivity index (χ3n) is 2.99. The van der Waals surface area contributed by atoms with E-state index in [0.29, 0.717) is 13.0 Å². The van der Waals surface area contributed by atoms with Crippen LogP contribution in [-0.2, 0) is 17.8 Å². The number of nitrogens with zero attached hydrogens (tertiary/aromatic N) is 2. The largest absolute Gasteiger partial charge is 0.292 e. The number of carbonyl (C=O) groups is 1. The molecule has 1 aliphatic heterocycles. The molecule has 0 radical (unpaired) electrons. The smallest absolute Gasteiger partial charge is 0.233 e. The number of hydrogen-bond acceptors (Lipinski definition) is 2. The minimum Gasteiger partial charge on any atom is -0.292 e. The minimum absolute atomic E-state index is 0.111. The van der Waals surface area contributed by atoms with Gasteiger partial charge in [-0.1, -0.05) is 30.3 Å². The molecule has 18 heavy (non-hydrogen) atoms. The molecule has 0 saturated carbocycles. The van der Waals surface area contributed by atoms with Gasteiger partial charge in [0.05, 0.1) is 13.0 Å². The van der Waals surface area contributed by atoms with E-state index in [1.807, 2.05) is 36.4 Å². The number of pyridine rings is 1. The molecule has 0 aliphatic carbocycles. The molecular weight excluding hydrogens is 292 g/mol. The Hall–Kier alpha value is -1.68. The fourth-order valence-corrected chi connectivity index (χ4v) is 2.53. The Balaban J connectivity index is 1.93. The summed E-state index contributed by atoms with van der Waals surface area (Å²) < 4.78 is 0.913. The Morgan fingerprint density at radius 3 is 2.83 bits per heavy atom. The summed E-state index contributed by atoms with van der Waals surface area (Å²) in [7, 11) is 0. The summed E-state index contributed by atoms with van der Waals surface area (Å²) in [5, 5.41) is 0. The lowest BCUT2D eigenvalue weighted by molar-refractivity contribution is -0.117. The third-order valence-corrected chi connectivity index (χ3v) is 3.43. The van der Waals surface area contributed by atoms with E-state index in [2.05, 4.69) is 20.9 Å². The first-order chi connectivity index (χ1) is 8.74. The molecule has 0 atom stereocenters. The summed E-state index contributed by atoms with van der Waals surface area (Å²) in [6.45, 7) is 0.585. The molecule has 0 N–H and O–H groups in total. The van der Waals surface area contributed by atoms with E-state index in [1.165, 1.54) is 0 Å². The van der Waals surface area contributed by atoms with E-state index in [0.717, 1.165) is 21.4 Å². The van der Waals surface area contributed by atoms with Crippen LogP contribution in [0.3, 0.4) is 0 Å². The van der Waals surface area contributed by atoms with Crippen molar-refractivity contribution in [2.45, 2.75) is 13.0 Å². The molecule has 1 aliphatic rings. The third kappa shape index (κ3) is 2.04. The highest BCUT2D eigenvalue weighted by molar-refractivity contribution is 9.10. The Morgan fingerprint density at radius 1 is 1.28 bits per heavy atom. The second-order valence-electron chi connectivity index (χ2n) is 4.28. The van der Waals surface area contributed by atoms with Gasteiger partial charge < -0.3 is 0 Å². The number of benzene rings is 1. The van der Waals surface area contributed by atoms with Crippen molar-refractivity contribution < 1.29 is 4.79 Å². The van der Waals surface area contributed by atoms with Gasteiger partial charge in [0, 0.05) is 16.2 Å². The molecule has 1 amide bonds. The van der Waals surface area contributed by atoms with Gasteiger partial charge in [0.15, 0.2) is 0 Å². The van der Waals surface area contributed by atoms with Crippen molar-refractivity contribution in [3.63, 3.8) is 0 Å². The Labute approximate surface area is 114 Å². The molecule has 3 rings (SSSR count). The van der Waals surface area contributed by atoms with Crippen LogP contribution in [0.2, 0.25) is 0 Å². The highest BCUT2D eigenvalue weighted by atomic mass is 79.9. The lowest BCUT2D eigenvalue weighted by atomic mass is 10.2. The molecule has 2 heterocycles. The molecule has 3 nitrogen and oxygen atoms in total. The standard InChI is InChI=1S/C14H11BrN2O/c15-12-6-11-7-13(18)17(14(11)16-8-12)9-10-4-2-1-3-5-10/h1-6,8H,7,9H2. The maximum absolute atomic E-state index is 12.0. The van der Waals surface area contributed by atoms with Gasteiger partial charge >= 0.3 is 0 Å². The molecule has 2 aromatic rings. The van der Waals surface area contributed by atoms with E-state index < -0.39 is 0 Å². The fraction of sp³-hybridized carbons (Fsp3) is 0.143. The average Bonchev–Trinajstić information content (AvgIpc) is 2.66. The zero-order valence-electron chi connectivity index (χ0n) is 9.64. The van der Waals surface area contributed by atoms with Crippen molar-refractivity contribution in [3.8, 4) is 0 Å². The van der Waals surface area contributed by atoms with Gasteiger partial charge in [-0.25, -0.2) is 4.98 Å². The zero-order chi connectivity index (χ0) is 12.5. The maximum atomic E-state index is 12.0. The minimum atomic E-state index is 0.111. The van der Waals surface area contributed by atoms with Crippen LogP contribution < -0.4 is 4.90 Å². The normalized spacial score (nSPS) is 13.8. The predicted molar refractivity (Wildman–Crippen MR) is 73.3 cm³/mol. The number of fused-ring (bicyclic) bond motifs is 1. The lowest BCUT2D eigenvalue weighted by Crippen LogP contribution is -2.26. The number of carbonyl (C=O) groups excluding carboxylic acids is 1. The lowest BCUT2D eigenvalue weighted by Gasteiger charge is -2.16. The molecule has 1 aromatic heterocycles.